The van der Waals surface area contributed by atoms with Crippen LogP contribution in [0.5, 0.6) is 0 Å². The Labute approximate surface area is 189 Å². The Balaban J connectivity index is 2.00. The molecule has 2 aromatic heterocycles. The fourth-order valence-electron chi connectivity index (χ4n) is 5.49. The molecule has 0 nitrogen and oxygen atoms in total. The quantitative estimate of drug-likeness (QED) is 0.232. The molecule has 0 radical (unpaired) electrons. The summed E-state index contributed by atoms with van der Waals surface area (Å²) in [4.78, 5) is 0. The van der Waals surface area contributed by atoms with E-state index in [1.807, 2.05) is 22.7 Å². The zero-order valence-electron chi connectivity index (χ0n) is 17.1. The summed E-state index contributed by atoms with van der Waals surface area (Å²) in [5, 5.41) is 13.7. The van der Waals surface area contributed by atoms with Crippen molar-refractivity contribution >= 4 is 33.4 Å². The van der Waals surface area contributed by atoms with Crippen molar-refractivity contribution in [1.82, 2.24) is 0 Å². The molecule has 0 unspecified atom stereocenters. The van der Waals surface area contributed by atoms with E-state index < -0.39 is 0 Å². The Morgan fingerprint density at radius 1 is 0.281 bits per heavy atom. The van der Waals surface area contributed by atoms with E-state index in [1.54, 1.807) is 0 Å². The zero-order chi connectivity index (χ0) is 20.8. The van der Waals surface area contributed by atoms with Crippen molar-refractivity contribution in [1.29, 1.82) is 0 Å². The van der Waals surface area contributed by atoms with Crippen LogP contribution in [-0.2, 0) is 0 Å². The topological polar surface area (TPSA) is 0 Å². The highest BCUT2D eigenvalue weighted by molar-refractivity contribution is 7.13. The van der Waals surface area contributed by atoms with Crippen molar-refractivity contribution in [3.8, 4) is 0 Å². The van der Waals surface area contributed by atoms with Crippen LogP contribution in [0.15, 0.2) is 97.1 Å². The smallest absolute Gasteiger partial charge is 0.0449 e. The fraction of sp³-hybridized carbons (Fsp3) is 0. The molecule has 8 rings (SSSR count). The summed E-state index contributed by atoms with van der Waals surface area (Å²) in [7, 11) is 0. The summed E-state index contributed by atoms with van der Waals surface area (Å²) in [6.45, 7) is 0. The van der Waals surface area contributed by atoms with E-state index in [0.29, 0.717) is 0 Å². The zero-order valence-corrected chi connectivity index (χ0v) is 18.7. The van der Waals surface area contributed by atoms with Gasteiger partial charge in [0.15, 0.2) is 0 Å². The molecular formula is C30H16S2. The molecule has 6 aromatic rings. The molecule has 0 atom stereocenters. The molecule has 2 heterocycles. The summed E-state index contributed by atoms with van der Waals surface area (Å²) >= 11 is 3.94. The van der Waals surface area contributed by atoms with E-state index >= 15 is 0 Å². The lowest BCUT2D eigenvalue weighted by Crippen LogP contribution is -1.79. The number of benzene rings is 4. The minimum atomic E-state index is 1.34. The Bertz CT molecular complexity index is 2030. The second-order valence-corrected chi connectivity index (χ2v) is 10.5. The molecular weight excluding hydrogens is 424 g/mol. The Kier molecular flexibility index (Phi) is 3.25. The molecule has 2 aliphatic carbocycles. The molecule has 148 valence electrons. The van der Waals surface area contributed by atoms with Crippen molar-refractivity contribution in [3.05, 3.63) is 157 Å². The van der Waals surface area contributed by atoms with E-state index in [1.165, 1.54) is 70.7 Å². The lowest BCUT2D eigenvalue weighted by atomic mass is 10.1. The number of fused-ring (bicyclic) bond motifs is 4. The molecule has 2 aliphatic rings. The molecule has 0 saturated heterocycles. The van der Waals surface area contributed by atoms with Crippen molar-refractivity contribution in [3.63, 3.8) is 0 Å². The molecule has 0 bridgehead atoms. The highest BCUT2D eigenvalue weighted by Gasteiger charge is 2.15. The molecule has 0 N–H and O–H groups in total. The predicted molar refractivity (Wildman–Crippen MR) is 132 cm³/mol. The number of hydrogen-bond acceptors (Lipinski definition) is 2. The molecule has 2 heteroatoms. The number of hydrogen-bond donors (Lipinski definition) is 0. The van der Waals surface area contributed by atoms with Gasteiger partial charge in [-0.1, -0.05) is 97.1 Å². The minimum Gasteiger partial charge on any atom is -0.134 e. The highest BCUT2D eigenvalue weighted by atomic mass is 32.1. The lowest BCUT2D eigenvalue weighted by molar-refractivity contribution is 1.40. The third-order valence-electron chi connectivity index (χ3n) is 6.83. The van der Waals surface area contributed by atoms with Gasteiger partial charge in [0.05, 0.1) is 0 Å². The number of thiophene rings is 2. The largest absolute Gasteiger partial charge is 0.134 e. The van der Waals surface area contributed by atoms with Gasteiger partial charge in [-0.05, 0) is 20.9 Å². The summed E-state index contributed by atoms with van der Waals surface area (Å²) in [5.74, 6) is 0. The maximum Gasteiger partial charge on any atom is 0.0449 e. The van der Waals surface area contributed by atoms with Crippen LogP contribution in [-0.4, -0.2) is 0 Å². The SMILES string of the molecule is c1ccc2c(c1)=c1ccccc1=c1sc3c4c(sc=2c14)=c1ccccc1=c1ccccc1=3. The minimum absolute atomic E-state index is 1.34. The van der Waals surface area contributed by atoms with Gasteiger partial charge in [-0.3, -0.25) is 0 Å². The second-order valence-electron chi connectivity index (χ2n) is 8.45. The first kappa shape index (κ1) is 17.1. The maximum absolute atomic E-state index is 2.30. The summed E-state index contributed by atoms with van der Waals surface area (Å²) in [6.07, 6.45) is 0. The van der Waals surface area contributed by atoms with Crippen LogP contribution in [0.25, 0.3) is 10.8 Å². The van der Waals surface area contributed by atoms with Gasteiger partial charge < -0.3 is 0 Å². The van der Waals surface area contributed by atoms with Crippen LogP contribution in [0.1, 0.15) is 0 Å². The van der Waals surface area contributed by atoms with Gasteiger partial charge >= 0.3 is 0 Å². The van der Waals surface area contributed by atoms with Crippen LogP contribution in [0.3, 0.4) is 0 Å². The molecule has 0 amide bonds. The molecule has 0 saturated carbocycles. The summed E-state index contributed by atoms with van der Waals surface area (Å²) in [6, 6.07) is 35.7. The van der Waals surface area contributed by atoms with Crippen molar-refractivity contribution in [2.24, 2.45) is 0 Å². The third-order valence-corrected chi connectivity index (χ3v) is 9.35. The van der Waals surface area contributed by atoms with E-state index in [0.717, 1.165) is 0 Å². The van der Waals surface area contributed by atoms with Crippen molar-refractivity contribution < 1.29 is 0 Å². The van der Waals surface area contributed by atoms with Crippen molar-refractivity contribution in [2.45, 2.75) is 0 Å². The van der Waals surface area contributed by atoms with Gasteiger partial charge in [0.1, 0.15) is 0 Å². The summed E-state index contributed by atoms with van der Waals surface area (Å²) < 4.78 is 5.64. The lowest BCUT2D eigenvalue weighted by Gasteiger charge is -1.93. The predicted octanol–water partition coefficient (Wildman–Crippen LogP) is 7.31. The monoisotopic (exact) mass is 440 g/mol. The molecule has 4 aromatic carbocycles. The first-order valence-electron chi connectivity index (χ1n) is 10.9. The Morgan fingerprint density at radius 3 is 0.750 bits per heavy atom. The van der Waals surface area contributed by atoms with E-state index in [9.17, 15) is 0 Å². The number of rotatable bonds is 0. The highest BCUT2D eigenvalue weighted by Crippen LogP contribution is 2.35. The van der Waals surface area contributed by atoms with Crippen LogP contribution >= 0.6 is 22.7 Å². The Hall–Kier alpha value is -3.46. The van der Waals surface area contributed by atoms with E-state index in [-0.39, 0.29) is 0 Å². The van der Waals surface area contributed by atoms with Crippen LogP contribution < -0.4 is 0 Å². The first-order valence-corrected chi connectivity index (χ1v) is 12.5. The van der Waals surface area contributed by atoms with Gasteiger partial charge in [0, 0.05) is 49.8 Å². The van der Waals surface area contributed by atoms with E-state index in [2.05, 4.69) is 97.1 Å². The average molecular weight is 441 g/mol. The van der Waals surface area contributed by atoms with Crippen LogP contribution in [0.2, 0.25) is 0 Å². The van der Waals surface area contributed by atoms with E-state index in [4.69, 9.17) is 0 Å². The standard InChI is InChI=1S/C30H16S2/c1-5-13-21-17(9-1)18-10-2-6-14-22(18)28-25-26-29(31-27(21)25)23-15-7-3-11-19(23)20-12-4-8-16-24(20)30(26)32-28/h1-16H. The van der Waals surface area contributed by atoms with Crippen LogP contribution in [0, 0.1) is 59.9 Å². The molecule has 0 aliphatic heterocycles. The second kappa shape index (κ2) is 6.07. The third kappa shape index (κ3) is 2.02. The van der Waals surface area contributed by atoms with Gasteiger partial charge in [-0.2, -0.15) is 0 Å². The van der Waals surface area contributed by atoms with Gasteiger partial charge in [-0.15, -0.1) is 22.7 Å². The van der Waals surface area contributed by atoms with Gasteiger partial charge in [0.2, 0.25) is 0 Å². The first-order chi connectivity index (χ1) is 15.9. The normalized spacial score (nSPS) is 12.4. The van der Waals surface area contributed by atoms with Gasteiger partial charge in [-0.25, -0.2) is 0 Å². The average Bonchev–Trinajstić information content (AvgIpc) is 3.36. The molecule has 32 heavy (non-hydrogen) atoms. The fourth-order valence-corrected chi connectivity index (χ4v) is 8.41. The maximum atomic E-state index is 2.30. The molecule has 0 fully saturated rings. The molecule has 0 spiro atoms. The summed E-state index contributed by atoms with van der Waals surface area (Å²) in [5.41, 5.74) is 0. The Morgan fingerprint density at radius 2 is 0.500 bits per heavy atom. The van der Waals surface area contributed by atoms with Crippen LogP contribution in [0.4, 0.5) is 0 Å². The van der Waals surface area contributed by atoms with Crippen molar-refractivity contribution in [2.75, 3.05) is 0 Å². The van der Waals surface area contributed by atoms with Gasteiger partial charge in [0.25, 0.3) is 0 Å².